The van der Waals surface area contributed by atoms with Crippen molar-refractivity contribution in [2.45, 2.75) is 13.3 Å². The van der Waals surface area contributed by atoms with Gasteiger partial charge < -0.3 is 9.54 Å². The maximum atomic E-state index is 9.68. The number of hydrogen-bond acceptors (Lipinski definition) is 5. The summed E-state index contributed by atoms with van der Waals surface area (Å²) in [5.41, 5.74) is 0. The van der Waals surface area contributed by atoms with E-state index in [9.17, 15) is 13.0 Å². The average molecular weight is 292 g/mol. The molecular formula is C7H13N2NaO3S3. The summed E-state index contributed by atoms with van der Waals surface area (Å²) in [6.07, 6.45) is 5.49. The fourth-order valence-electron chi connectivity index (χ4n) is 0.465. The SMILES string of the molecule is CCCS(=O)(=O)[O-].S=CS.[Na+].c1c[nH]cn1. The van der Waals surface area contributed by atoms with Gasteiger partial charge in [-0.25, -0.2) is 13.4 Å². The van der Waals surface area contributed by atoms with Gasteiger partial charge in [0, 0.05) is 22.8 Å². The number of thiocarbonyl (C=S) groups is 1. The Morgan fingerprint density at radius 2 is 2.12 bits per heavy atom. The standard InChI is InChI=1S/C3H4N2.C3H8O3S.CH2S2.Na/c1-2-5-3-4-1;1-2-3-7(4,5)6;2-1-3;/h1-3H,(H,4,5);2-3H2,1H3,(H,4,5,6);1H,(H,2,3);/q;;;+1/p-1. The molecule has 0 fully saturated rings. The maximum absolute atomic E-state index is 9.68. The fraction of sp³-hybridized carbons (Fsp3) is 0.429. The molecule has 0 bridgehead atoms. The van der Waals surface area contributed by atoms with Gasteiger partial charge in [-0.05, 0) is 6.42 Å². The zero-order valence-electron chi connectivity index (χ0n) is 9.16. The van der Waals surface area contributed by atoms with Gasteiger partial charge in [0.1, 0.15) is 0 Å². The van der Waals surface area contributed by atoms with Crippen molar-refractivity contribution in [3.63, 3.8) is 0 Å². The Labute approximate surface area is 129 Å². The number of thiol groups is 1. The molecule has 0 aromatic carbocycles. The molecule has 0 aliphatic rings. The monoisotopic (exact) mass is 292 g/mol. The molecule has 1 N–H and O–H groups in total. The Bertz CT molecular complexity index is 298. The summed E-state index contributed by atoms with van der Waals surface area (Å²) >= 11 is 7.61. The van der Waals surface area contributed by atoms with E-state index in [1.165, 1.54) is 4.70 Å². The van der Waals surface area contributed by atoms with E-state index in [4.69, 9.17) is 0 Å². The molecule has 0 saturated heterocycles. The van der Waals surface area contributed by atoms with Crippen molar-refractivity contribution in [3.05, 3.63) is 18.7 Å². The molecule has 16 heavy (non-hydrogen) atoms. The molecule has 1 rings (SSSR count). The van der Waals surface area contributed by atoms with Gasteiger partial charge in [0.05, 0.1) is 16.4 Å². The van der Waals surface area contributed by atoms with Crippen LogP contribution in [0.3, 0.4) is 0 Å². The second-order valence-corrected chi connectivity index (χ2v) is 4.49. The van der Waals surface area contributed by atoms with Crippen LogP contribution in [0.4, 0.5) is 0 Å². The number of nitrogens with one attached hydrogen (secondary N) is 1. The first-order valence-corrected chi connectivity index (χ1v) is 6.48. The fourth-order valence-corrected chi connectivity index (χ4v) is 0.965. The van der Waals surface area contributed by atoms with Gasteiger partial charge >= 0.3 is 29.6 Å². The normalized spacial score (nSPS) is 8.44. The van der Waals surface area contributed by atoms with Crippen LogP contribution in [0, 0.1) is 0 Å². The summed E-state index contributed by atoms with van der Waals surface area (Å²) in [6.45, 7) is 1.65. The summed E-state index contributed by atoms with van der Waals surface area (Å²) in [4.78, 5) is 6.42. The van der Waals surface area contributed by atoms with Gasteiger partial charge in [-0.2, -0.15) is 0 Å². The topological polar surface area (TPSA) is 85.9 Å². The van der Waals surface area contributed by atoms with Gasteiger partial charge in [0.15, 0.2) is 0 Å². The minimum absolute atomic E-state index is 0. The summed E-state index contributed by atoms with van der Waals surface area (Å²) in [5.74, 6) is -0.243. The van der Waals surface area contributed by atoms with Crippen LogP contribution >= 0.6 is 24.8 Å². The van der Waals surface area contributed by atoms with Crippen molar-refractivity contribution in [2.75, 3.05) is 5.75 Å². The molecule has 1 aromatic heterocycles. The van der Waals surface area contributed by atoms with Crippen molar-refractivity contribution >= 4 is 39.7 Å². The number of rotatable bonds is 2. The molecular weight excluding hydrogens is 279 g/mol. The summed E-state index contributed by atoms with van der Waals surface area (Å²) in [7, 11) is -3.92. The minimum atomic E-state index is -3.92. The molecule has 0 amide bonds. The number of nitrogens with zero attached hydrogens (tertiary/aromatic N) is 1. The molecule has 88 valence electrons. The van der Waals surface area contributed by atoms with E-state index >= 15 is 0 Å². The molecule has 0 atom stereocenters. The van der Waals surface area contributed by atoms with Crippen molar-refractivity contribution in [1.82, 2.24) is 9.97 Å². The third-order valence-corrected chi connectivity index (χ3v) is 1.77. The largest absolute Gasteiger partial charge is 1.00 e. The Morgan fingerprint density at radius 3 is 2.19 bits per heavy atom. The molecule has 0 aliphatic heterocycles. The van der Waals surface area contributed by atoms with Crippen LogP contribution in [0.1, 0.15) is 13.3 Å². The van der Waals surface area contributed by atoms with Crippen LogP contribution < -0.4 is 29.6 Å². The third-order valence-electron chi connectivity index (χ3n) is 0.860. The van der Waals surface area contributed by atoms with Crippen LogP contribution in [0.15, 0.2) is 18.7 Å². The maximum Gasteiger partial charge on any atom is 1.00 e. The van der Waals surface area contributed by atoms with E-state index in [1.807, 2.05) is 0 Å². The molecule has 0 saturated carbocycles. The number of imidazole rings is 1. The van der Waals surface area contributed by atoms with E-state index in [-0.39, 0.29) is 35.3 Å². The third kappa shape index (κ3) is 29.3. The number of aromatic amines is 1. The Kier molecular flexibility index (Phi) is 21.2. The Balaban J connectivity index is -0.000000166. The van der Waals surface area contributed by atoms with Crippen LogP contribution in [0.2, 0.25) is 0 Å². The van der Waals surface area contributed by atoms with Crippen LogP contribution in [0.25, 0.3) is 0 Å². The van der Waals surface area contributed by atoms with Crippen LogP contribution in [-0.2, 0) is 10.1 Å². The summed E-state index contributed by atoms with van der Waals surface area (Å²) in [6, 6.07) is 0. The molecule has 0 aliphatic carbocycles. The van der Waals surface area contributed by atoms with E-state index in [1.54, 1.807) is 25.6 Å². The molecule has 9 heteroatoms. The first-order chi connectivity index (χ1) is 6.97. The zero-order valence-corrected chi connectivity index (χ0v) is 13.7. The van der Waals surface area contributed by atoms with Crippen molar-refractivity contribution in [2.24, 2.45) is 0 Å². The average Bonchev–Trinajstić information content (AvgIpc) is 2.59. The van der Waals surface area contributed by atoms with Gasteiger partial charge in [-0.3, -0.25) is 0 Å². The van der Waals surface area contributed by atoms with Gasteiger partial charge in [0.25, 0.3) is 0 Å². The molecule has 0 unspecified atom stereocenters. The van der Waals surface area contributed by atoms with E-state index < -0.39 is 10.1 Å². The molecule has 0 spiro atoms. The summed E-state index contributed by atoms with van der Waals surface area (Å²) in [5, 5.41) is 0. The molecule has 5 nitrogen and oxygen atoms in total. The van der Waals surface area contributed by atoms with Crippen molar-refractivity contribution in [1.29, 1.82) is 0 Å². The number of aromatic nitrogens is 2. The van der Waals surface area contributed by atoms with Crippen molar-refractivity contribution < 1.29 is 42.5 Å². The molecule has 1 aromatic rings. The minimum Gasteiger partial charge on any atom is -0.748 e. The molecule has 0 radical (unpaired) electrons. The van der Waals surface area contributed by atoms with E-state index in [2.05, 4.69) is 34.8 Å². The Morgan fingerprint density at radius 1 is 1.62 bits per heavy atom. The first-order valence-electron chi connectivity index (χ1n) is 3.92. The van der Waals surface area contributed by atoms with Crippen LogP contribution in [-0.4, -0.2) is 33.4 Å². The van der Waals surface area contributed by atoms with Crippen molar-refractivity contribution in [3.8, 4) is 0 Å². The Hall–Kier alpha value is 0.560. The van der Waals surface area contributed by atoms with Crippen LogP contribution in [0.5, 0.6) is 0 Å². The quantitative estimate of drug-likeness (QED) is 0.292. The summed E-state index contributed by atoms with van der Waals surface area (Å²) < 4.78 is 30.3. The number of H-pyrrole nitrogens is 1. The zero-order chi connectivity index (χ0) is 12.2. The predicted molar refractivity (Wildman–Crippen MR) is 66.1 cm³/mol. The smallest absolute Gasteiger partial charge is 0.748 e. The van der Waals surface area contributed by atoms with Gasteiger partial charge in [-0.1, -0.05) is 19.1 Å². The predicted octanol–water partition coefficient (Wildman–Crippen LogP) is -1.77. The van der Waals surface area contributed by atoms with E-state index in [0.717, 1.165) is 0 Å². The first kappa shape index (κ1) is 21.8. The van der Waals surface area contributed by atoms with E-state index in [0.29, 0.717) is 6.42 Å². The number of hydrogen-bond donors (Lipinski definition) is 2. The van der Waals surface area contributed by atoms with Gasteiger partial charge in [0.2, 0.25) is 0 Å². The second-order valence-electron chi connectivity index (χ2n) is 2.13. The van der Waals surface area contributed by atoms with Gasteiger partial charge in [-0.15, -0.1) is 12.6 Å². The molecule has 1 heterocycles. The second kappa shape index (κ2) is 15.6.